The second-order valence-corrected chi connectivity index (χ2v) is 11.1. The van der Waals surface area contributed by atoms with Crippen LogP contribution in [0.1, 0.15) is 15.2 Å². The Morgan fingerprint density at radius 3 is 2.64 bits per heavy atom. The molecular weight excluding hydrogens is 444 g/mol. The van der Waals surface area contributed by atoms with Gasteiger partial charge in [-0.15, -0.1) is 11.3 Å². The van der Waals surface area contributed by atoms with Crippen molar-refractivity contribution < 1.29 is 13.2 Å². The highest BCUT2D eigenvalue weighted by Crippen LogP contribution is 2.33. The number of thioether (sulfide) groups is 1. The Hall–Kier alpha value is -0.870. The molecule has 3 rings (SSSR count). The third-order valence-corrected chi connectivity index (χ3v) is 8.63. The van der Waals surface area contributed by atoms with Crippen molar-refractivity contribution in [2.75, 3.05) is 29.9 Å². The first-order valence-corrected chi connectivity index (χ1v) is 11.8. The van der Waals surface area contributed by atoms with E-state index in [1.165, 1.54) is 15.6 Å². The predicted octanol–water partition coefficient (Wildman–Crippen LogP) is 3.81. The molecule has 5 nitrogen and oxygen atoms in total. The fraction of sp³-hybridized carbons (Fsp3) is 0.312. The Bertz CT molecular complexity index is 890. The number of sulfonamides is 1. The van der Waals surface area contributed by atoms with Crippen LogP contribution >= 0.6 is 39.0 Å². The van der Waals surface area contributed by atoms with Crippen molar-refractivity contribution in [1.82, 2.24) is 4.31 Å². The van der Waals surface area contributed by atoms with Gasteiger partial charge in [-0.3, -0.25) is 4.79 Å². The molecule has 25 heavy (non-hydrogen) atoms. The molecule has 0 bridgehead atoms. The lowest BCUT2D eigenvalue weighted by Crippen LogP contribution is -2.37. The number of carbonyl (C=O) groups excluding carboxylic acids is 1. The average Bonchev–Trinajstić information content (AvgIpc) is 2.97. The molecule has 2 heterocycles. The van der Waals surface area contributed by atoms with Crippen LogP contribution in [0.3, 0.4) is 0 Å². The van der Waals surface area contributed by atoms with E-state index in [1.807, 2.05) is 13.0 Å². The zero-order valence-corrected chi connectivity index (χ0v) is 17.5. The summed E-state index contributed by atoms with van der Waals surface area (Å²) in [6.07, 6.45) is 0. The maximum absolute atomic E-state index is 12.8. The van der Waals surface area contributed by atoms with Crippen LogP contribution < -0.4 is 5.32 Å². The molecule has 0 radical (unpaired) electrons. The number of halogens is 1. The number of anilines is 1. The maximum Gasteiger partial charge on any atom is 0.255 e. The minimum Gasteiger partial charge on any atom is -0.321 e. The fourth-order valence-electron chi connectivity index (χ4n) is 2.44. The summed E-state index contributed by atoms with van der Waals surface area (Å²) >= 11 is 6.30. The second-order valence-electron chi connectivity index (χ2n) is 5.52. The van der Waals surface area contributed by atoms with Crippen molar-refractivity contribution in [3.8, 4) is 0 Å². The number of nitrogens with one attached hydrogen (secondary N) is 1. The Kier molecular flexibility index (Phi) is 5.89. The molecule has 0 atom stereocenters. The molecule has 1 N–H and O–H groups in total. The van der Waals surface area contributed by atoms with E-state index in [2.05, 4.69) is 21.2 Å². The van der Waals surface area contributed by atoms with Crippen LogP contribution in [0.15, 0.2) is 39.0 Å². The highest BCUT2D eigenvalue weighted by Gasteiger charge is 2.28. The number of hydrogen-bond acceptors (Lipinski definition) is 5. The van der Waals surface area contributed by atoms with Gasteiger partial charge in [-0.05, 0) is 31.2 Å². The van der Waals surface area contributed by atoms with E-state index in [0.717, 1.165) is 20.9 Å². The molecule has 1 aromatic heterocycles. The largest absolute Gasteiger partial charge is 0.321 e. The summed E-state index contributed by atoms with van der Waals surface area (Å²) in [5.41, 5.74) is 1.05. The first-order valence-electron chi connectivity index (χ1n) is 7.63. The Morgan fingerprint density at radius 2 is 1.96 bits per heavy atom. The third kappa shape index (κ3) is 4.28. The van der Waals surface area contributed by atoms with Crippen LogP contribution in [0.25, 0.3) is 0 Å². The monoisotopic (exact) mass is 460 g/mol. The van der Waals surface area contributed by atoms with Gasteiger partial charge in [0, 0.05) is 39.5 Å². The van der Waals surface area contributed by atoms with Crippen LogP contribution in [-0.2, 0) is 10.0 Å². The molecular formula is C16H17BrN2O3S3. The van der Waals surface area contributed by atoms with Gasteiger partial charge in [-0.2, -0.15) is 16.1 Å². The molecule has 2 aromatic rings. The summed E-state index contributed by atoms with van der Waals surface area (Å²) in [6.45, 7) is 2.87. The van der Waals surface area contributed by atoms with Crippen molar-refractivity contribution >= 4 is 60.6 Å². The number of hydrogen-bond donors (Lipinski definition) is 1. The zero-order chi connectivity index (χ0) is 18.0. The second kappa shape index (κ2) is 7.79. The lowest BCUT2D eigenvalue weighted by atomic mass is 10.2. The minimum absolute atomic E-state index is 0.263. The quantitative estimate of drug-likeness (QED) is 0.752. The summed E-state index contributed by atoms with van der Waals surface area (Å²) in [6, 6.07) is 8.62. The van der Waals surface area contributed by atoms with Crippen LogP contribution in [0.2, 0.25) is 0 Å². The minimum atomic E-state index is -3.49. The van der Waals surface area contributed by atoms with Gasteiger partial charge < -0.3 is 5.32 Å². The molecule has 1 amide bonds. The first-order chi connectivity index (χ1) is 11.9. The van der Waals surface area contributed by atoms with Gasteiger partial charge in [0.1, 0.15) is 4.21 Å². The van der Waals surface area contributed by atoms with Crippen molar-refractivity contribution in [3.63, 3.8) is 0 Å². The Morgan fingerprint density at radius 1 is 1.24 bits per heavy atom. The Labute approximate surface area is 164 Å². The predicted molar refractivity (Wildman–Crippen MR) is 107 cm³/mol. The molecule has 1 aromatic carbocycles. The lowest BCUT2D eigenvalue weighted by Gasteiger charge is -2.24. The maximum atomic E-state index is 12.8. The van der Waals surface area contributed by atoms with E-state index >= 15 is 0 Å². The molecule has 1 fully saturated rings. The van der Waals surface area contributed by atoms with Crippen LogP contribution in [0.5, 0.6) is 0 Å². The SMILES string of the molecule is Cc1sc(S(=O)(=O)N2CCSCC2)cc1NC(=O)c1cccc(Br)c1. The molecule has 1 saturated heterocycles. The number of thiophene rings is 1. The standard InChI is InChI=1S/C16H17BrN2O3S3/c1-11-14(18-16(20)12-3-2-4-13(17)9-12)10-15(24-11)25(21,22)19-5-7-23-8-6-19/h2-4,9-10H,5-8H2,1H3,(H,18,20). The molecule has 1 aliphatic rings. The zero-order valence-electron chi connectivity index (χ0n) is 13.5. The summed E-state index contributed by atoms with van der Waals surface area (Å²) in [5, 5.41) is 2.81. The van der Waals surface area contributed by atoms with Gasteiger partial charge in [0.2, 0.25) is 0 Å². The van der Waals surface area contributed by atoms with E-state index < -0.39 is 10.0 Å². The smallest absolute Gasteiger partial charge is 0.255 e. The number of benzene rings is 1. The molecule has 134 valence electrons. The van der Waals surface area contributed by atoms with Crippen molar-refractivity contribution in [2.24, 2.45) is 0 Å². The molecule has 1 aliphatic heterocycles. The molecule has 0 aliphatic carbocycles. The van der Waals surface area contributed by atoms with Crippen LogP contribution in [0, 0.1) is 6.92 Å². The van der Waals surface area contributed by atoms with Crippen molar-refractivity contribution in [2.45, 2.75) is 11.1 Å². The number of rotatable bonds is 4. The van der Waals surface area contributed by atoms with Crippen LogP contribution in [0.4, 0.5) is 5.69 Å². The van der Waals surface area contributed by atoms with Gasteiger partial charge in [-0.1, -0.05) is 22.0 Å². The number of nitrogens with zero attached hydrogens (tertiary/aromatic N) is 1. The van der Waals surface area contributed by atoms with Crippen LogP contribution in [-0.4, -0.2) is 43.2 Å². The van der Waals surface area contributed by atoms with Gasteiger partial charge in [0.05, 0.1) is 5.69 Å². The van der Waals surface area contributed by atoms with Crippen molar-refractivity contribution in [3.05, 3.63) is 45.2 Å². The summed E-state index contributed by atoms with van der Waals surface area (Å²) in [5.74, 6) is 1.37. The summed E-state index contributed by atoms with van der Waals surface area (Å²) in [4.78, 5) is 13.2. The highest BCUT2D eigenvalue weighted by molar-refractivity contribution is 9.10. The van der Waals surface area contributed by atoms with E-state index in [1.54, 1.807) is 36.0 Å². The molecule has 0 spiro atoms. The van der Waals surface area contributed by atoms with Gasteiger partial charge >= 0.3 is 0 Å². The lowest BCUT2D eigenvalue weighted by molar-refractivity contribution is 0.102. The molecule has 0 unspecified atom stereocenters. The first kappa shape index (κ1) is 18.9. The Balaban J connectivity index is 1.81. The van der Waals surface area contributed by atoms with E-state index in [0.29, 0.717) is 24.3 Å². The van der Waals surface area contributed by atoms with E-state index in [9.17, 15) is 13.2 Å². The summed E-state index contributed by atoms with van der Waals surface area (Å²) < 4.78 is 28.1. The number of aryl methyl sites for hydroxylation is 1. The molecule has 0 saturated carbocycles. The van der Waals surface area contributed by atoms with Crippen molar-refractivity contribution in [1.29, 1.82) is 0 Å². The van der Waals surface area contributed by atoms with Gasteiger partial charge in [-0.25, -0.2) is 8.42 Å². The fourth-order valence-corrected chi connectivity index (χ4v) is 6.97. The number of amides is 1. The average molecular weight is 461 g/mol. The van der Waals surface area contributed by atoms with Gasteiger partial charge in [0.25, 0.3) is 15.9 Å². The van der Waals surface area contributed by atoms with E-state index in [-0.39, 0.29) is 10.1 Å². The number of carbonyl (C=O) groups is 1. The summed E-state index contributed by atoms with van der Waals surface area (Å²) in [7, 11) is -3.49. The topological polar surface area (TPSA) is 66.5 Å². The third-order valence-electron chi connectivity index (χ3n) is 3.79. The molecule has 9 heteroatoms. The normalized spacial score (nSPS) is 15.9. The highest BCUT2D eigenvalue weighted by atomic mass is 79.9. The van der Waals surface area contributed by atoms with Gasteiger partial charge in [0.15, 0.2) is 0 Å². The van der Waals surface area contributed by atoms with E-state index in [4.69, 9.17) is 0 Å².